The smallest absolute Gasteiger partial charge is 0.407 e. The number of anilines is 1. The Morgan fingerprint density at radius 3 is 2.58 bits per heavy atom. The molecule has 3 aliphatic rings. The molecule has 0 radical (unpaired) electrons. The molecule has 2 aliphatic carbocycles. The lowest BCUT2D eigenvalue weighted by atomic mass is 9.84. The molecule has 40 heavy (non-hydrogen) atoms. The number of amides is 2. The first-order chi connectivity index (χ1) is 19.2. The van der Waals surface area contributed by atoms with Crippen molar-refractivity contribution >= 4 is 17.8 Å². The van der Waals surface area contributed by atoms with Gasteiger partial charge < -0.3 is 19.5 Å². The fraction of sp³-hybridized carbons (Fsp3) is 0.690. The van der Waals surface area contributed by atoms with Crippen molar-refractivity contribution in [3.05, 3.63) is 24.2 Å². The van der Waals surface area contributed by atoms with Gasteiger partial charge in [-0.15, -0.1) is 0 Å². The SMILES string of the molecule is CC(C)(C)OC(=O)NC1C2CN(c3ccc(-c4noc([C@H](CCCC5CCCCC5)CC(=O)NO)n4)cn3)CC21. The Balaban J connectivity index is 1.14. The Bertz CT molecular complexity index is 1140. The minimum absolute atomic E-state index is 0.0983. The number of hydrogen-bond acceptors (Lipinski definition) is 9. The van der Waals surface area contributed by atoms with Gasteiger partial charge in [-0.3, -0.25) is 10.0 Å². The summed E-state index contributed by atoms with van der Waals surface area (Å²) in [5.41, 5.74) is 1.96. The first-order valence-corrected chi connectivity index (χ1v) is 14.7. The molecular formula is C29H42N6O5. The van der Waals surface area contributed by atoms with Crippen LogP contribution in [0, 0.1) is 17.8 Å². The Kier molecular flexibility index (Phi) is 8.58. The number of carbonyl (C=O) groups is 2. The minimum atomic E-state index is -0.505. The molecule has 2 amide bonds. The second kappa shape index (κ2) is 12.1. The summed E-state index contributed by atoms with van der Waals surface area (Å²) in [5, 5.41) is 16.2. The maximum Gasteiger partial charge on any atom is 0.407 e. The molecule has 2 saturated carbocycles. The number of pyridine rings is 1. The normalized spacial score (nSPS) is 23.4. The molecule has 3 atom stereocenters. The molecule has 5 rings (SSSR count). The van der Waals surface area contributed by atoms with E-state index in [1.165, 1.54) is 32.1 Å². The van der Waals surface area contributed by atoms with Crippen LogP contribution in [0.3, 0.4) is 0 Å². The van der Waals surface area contributed by atoms with Gasteiger partial charge in [0.25, 0.3) is 0 Å². The van der Waals surface area contributed by atoms with Crippen molar-refractivity contribution in [3.63, 3.8) is 0 Å². The van der Waals surface area contributed by atoms with Crippen LogP contribution in [0.2, 0.25) is 0 Å². The molecule has 11 heteroatoms. The van der Waals surface area contributed by atoms with E-state index in [1.807, 2.05) is 32.9 Å². The lowest BCUT2D eigenvalue weighted by Crippen LogP contribution is -2.38. The fourth-order valence-corrected chi connectivity index (χ4v) is 6.31. The highest BCUT2D eigenvalue weighted by Gasteiger charge is 2.57. The summed E-state index contributed by atoms with van der Waals surface area (Å²) in [5.74, 6) is 2.58. The van der Waals surface area contributed by atoms with Gasteiger partial charge >= 0.3 is 6.09 Å². The van der Waals surface area contributed by atoms with E-state index >= 15 is 0 Å². The van der Waals surface area contributed by atoms with Crippen molar-refractivity contribution in [2.45, 2.75) is 96.1 Å². The summed E-state index contributed by atoms with van der Waals surface area (Å²) >= 11 is 0. The van der Waals surface area contributed by atoms with Crippen LogP contribution >= 0.6 is 0 Å². The number of nitrogens with zero attached hydrogens (tertiary/aromatic N) is 4. The van der Waals surface area contributed by atoms with E-state index in [0.29, 0.717) is 23.6 Å². The van der Waals surface area contributed by atoms with Crippen LogP contribution in [-0.2, 0) is 9.53 Å². The fourth-order valence-electron chi connectivity index (χ4n) is 6.31. The Hall–Kier alpha value is -3.21. The van der Waals surface area contributed by atoms with E-state index in [2.05, 4.69) is 25.3 Å². The van der Waals surface area contributed by atoms with Gasteiger partial charge in [0, 0.05) is 55.1 Å². The number of hydroxylamine groups is 1. The van der Waals surface area contributed by atoms with Gasteiger partial charge in [-0.1, -0.05) is 50.1 Å². The zero-order valence-corrected chi connectivity index (χ0v) is 23.8. The van der Waals surface area contributed by atoms with Gasteiger partial charge in [0.2, 0.25) is 17.6 Å². The third kappa shape index (κ3) is 7.10. The predicted octanol–water partition coefficient (Wildman–Crippen LogP) is 4.82. The third-order valence-corrected chi connectivity index (χ3v) is 8.44. The highest BCUT2D eigenvalue weighted by atomic mass is 16.6. The molecule has 3 N–H and O–H groups in total. The highest BCUT2D eigenvalue weighted by Crippen LogP contribution is 2.46. The number of rotatable bonds is 10. The number of ether oxygens (including phenoxy) is 1. The molecule has 2 aromatic heterocycles. The van der Waals surface area contributed by atoms with E-state index in [9.17, 15) is 9.59 Å². The zero-order valence-electron chi connectivity index (χ0n) is 23.8. The Morgan fingerprint density at radius 2 is 1.93 bits per heavy atom. The van der Waals surface area contributed by atoms with Crippen LogP contribution in [0.25, 0.3) is 11.4 Å². The van der Waals surface area contributed by atoms with E-state index in [4.69, 9.17) is 14.5 Å². The first kappa shape index (κ1) is 28.3. The average molecular weight is 555 g/mol. The lowest BCUT2D eigenvalue weighted by Gasteiger charge is -2.23. The first-order valence-electron chi connectivity index (χ1n) is 14.7. The summed E-state index contributed by atoms with van der Waals surface area (Å²) in [6, 6.07) is 4.04. The van der Waals surface area contributed by atoms with Gasteiger partial charge in [0.05, 0.1) is 0 Å². The summed E-state index contributed by atoms with van der Waals surface area (Å²) in [7, 11) is 0. The van der Waals surface area contributed by atoms with Crippen LogP contribution in [0.15, 0.2) is 22.9 Å². The van der Waals surface area contributed by atoms with Gasteiger partial charge in [-0.25, -0.2) is 15.3 Å². The van der Waals surface area contributed by atoms with Crippen molar-refractivity contribution in [1.29, 1.82) is 0 Å². The number of hydrogen-bond donors (Lipinski definition) is 3. The van der Waals surface area contributed by atoms with Crippen molar-refractivity contribution < 1.29 is 24.1 Å². The molecule has 1 aliphatic heterocycles. The number of fused-ring (bicyclic) bond motifs is 1. The number of nitrogens with one attached hydrogen (secondary N) is 2. The minimum Gasteiger partial charge on any atom is -0.444 e. The molecule has 218 valence electrons. The largest absolute Gasteiger partial charge is 0.444 e. The number of piperidine rings is 1. The van der Waals surface area contributed by atoms with Crippen molar-refractivity contribution in [2.75, 3.05) is 18.0 Å². The Labute approximate surface area is 235 Å². The molecule has 3 fully saturated rings. The third-order valence-electron chi connectivity index (χ3n) is 8.44. The van der Waals surface area contributed by atoms with Crippen LogP contribution < -0.4 is 15.7 Å². The molecule has 0 bridgehead atoms. The quantitative estimate of drug-likeness (QED) is 0.278. The summed E-state index contributed by atoms with van der Waals surface area (Å²) in [4.78, 5) is 35.5. The molecule has 1 saturated heterocycles. The van der Waals surface area contributed by atoms with E-state index in [-0.39, 0.29) is 24.5 Å². The van der Waals surface area contributed by atoms with E-state index in [0.717, 1.165) is 49.7 Å². The second-order valence-corrected chi connectivity index (χ2v) is 12.6. The summed E-state index contributed by atoms with van der Waals surface area (Å²) in [6.07, 6.45) is 10.9. The van der Waals surface area contributed by atoms with Crippen molar-refractivity contribution in [3.8, 4) is 11.4 Å². The topological polar surface area (TPSA) is 143 Å². The molecule has 11 nitrogen and oxygen atoms in total. The van der Waals surface area contributed by atoms with Crippen LogP contribution in [-0.4, -0.2) is 57.1 Å². The maximum atomic E-state index is 12.1. The van der Waals surface area contributed by atoms with Gasteiger partial charge in [0.1, 0.15) is 11.4 Å². The van der Waals surface area contributed by atoms with Gasteiger partial charge in [-0.2, -0.15) is 4.98 Å². The monoisotopic (exact) mass is 554 g/mol. The number of aromatic nitrogens is 3. The van der Waals surface area contributed by atoms with Crippen LogP contribution in [0.4, 0.5) is 10.6 Å². The maximum absolute atomic E-state index is 12.1. The second-order valence-electron chi connectivity index (χ2n) is 12.6. The molecule has 0 spiro atoms. The van der Waals surface area contributed by atoms with E-state index < -0.39 is 11.5 Å². The molecule has 2 aromatic rings. The standard InChI is InChI=1S/C29H42N6O5/c1-29(2,3)39-28(37)31-25-21-16-35(17-22(21)25)23-13-12-20(15-30-23)26-32-27(40-34-26)19(14-24(36)33-38)11-7-10-18-8-5-4-6-9-18/h12-13,15,18-19,21-22,25,38H,4-11,14,16-17H2,1-3H3,(H,31,37)(H,33,36)/t19-,21?,22?,25?/m1/s1. The van der Waals surface area contributed by atoms with E-state index in [1.54, 1.807) is 11.7 Å². The molecule has 0 aromatic carbocycles. The van der Waals surface area contributed by atoms with Gasteiger partial charge in [0.15, 0.2) is 0 Å². The van der Waals surface area contributed by atoms with Crippen LogP contribution in [0.1, 0.15) is 90.4 Å². The highest BCUT2D eigenvalue weighted by molar-refractivity contribution is 5.75. The number of carbonyl (C=O) groups excluding carboxylic acids is 2. The van der Waals surface area contributed by atoms with Crippen molar-refractivity contribution in [1.82, 2.24) is 25.9 Å². The van der Waals surface area contributed by atoms with Gasteiger partial charge in [-0.05, 0) is 45.2 Å². The molecule has 3 heterocycles. The summed E-state index contributed by atoms with van der Waals surface area (Å²) in [6.45, 7) is 7.25. The predicted molar refractivity (Wildman–Crippen MR) is 148 cm³/mol. The van der Waals surface area contributed by atoms with Crippen molar-refractivity contribution in [2.24, 2.45) is 17.8 Å². The average Bonchev–Trinajstić information content (AvgIpc) is 3.30. The zero-order chi connectivity index (χ0) is 28.3. The lowest BCUT2D eigenvalue weighted by molar-refractivity contribution is -0.129. The molecule has 2 unspecified atom stereocenters. The Morgan fingerprint density at radius 1 is 1.18 bits per heavy atom. The van der Waals surface area contributed by atoms with Crippen LogP contribution in [0.5, 0.6) is 0 Å². The molecular weight excluding hydrogens is 512 g/mol. The number of alkyl carbamates (subject to hydrolysis) is 1. The summed E-state index contributed by atoms with van der Waals surface area (Å²) < 4.78 is 11.0.